The van der Waals surface area contributed by atoms with Crippen LogP contribution < -0.4 is 11.1 Å². The first-order chi connectivity index (χ1) is 10.5. The molecule has 1 aromatic carbocycles. The van der Waals surface area contributed by atoms with Gasteiger partial charge in [0.15, 0.2) is 0 Å². The Morgan fingerprint density at radius 3 is 2.59 bits per heavy atom. The van der Waals surface area contributed by atoms with Crippen LogP contribution in [0.15, 0.2) is 36.4 Å². The molecule has 1 aromatic heterocycles. The largest absolute Gasteiger partial charge is 0.369 e. The first kappa shape index (κ1) is 15.7. The summed E-state index contributed by atoms with van der Waals surface area (Å²) in [5.41, 5.74) is 6.75. The molecule has 2 rings (SSSR count). The summed E-state index contributed by atoms with van der Waals surface area (Å²) in [5, 5.41) is 7.18. The van der Waals surface area contributed by atoms with Crippen molar-refractivity contribution in [1.29, 1.82) is 0 Å². The molecule has 0 fully saturated rings. The smallest absolute Gasteiger partial charge is 0.239 e. The number of nitrogens with one attached hydrogen (secondary N) is 1. The van der Waals surface area contributed by atoms with Crippen LogP contribution in [0.3, 0.4) is 0 Å². The molecular weight excluding hydrogens is 282 g/mol. The number of primary amides is 1. The van der Waals surface area contributed by atoms with Gasteiger partial charge >= 0.3 is 0 Å². The molecule has 0 unspecified atom stereocenters. The predicted octanol–water partition coefficient (Wildman–Crippen LogP) is 0.536. The molecule has 2 amide bonds. The lowest BCUT2D eigenvalue weighted by Gasteiger charge is -2.14. The summed E-state index contributed by atoms with van der Waals surface area (Å²) >= 11 is 0. The predicted molar refractivity (Wildman–Crippen MR) is 83.6 cm³/mol. The zero-order valence-corrected chi connectivity index (χ0v) is 12.6. The van der Waals surface area contributed by atoms with Crippen molar-refractivity contribution in [2.24, 2.45) is 5.73 Å². The average molecular weight is 301 g/mol. The maximum absolute atomic E-state index is 12.1. The SMILES string of the molecule is Cc1cc(NC(=O)CN(C)CC(N)=O)n(-c2ccccc2)n1. The van der Waals surface area contributed by atoms with Crippen molar-refractivity contribution >= 4 is 17.6 Å². The molecule has 0 aliphatic rings. The third-order valence-corrected chi connectivity index (χ3v) is 2.94. The normalized spacial score (nSPS) is 10.7. The van der Waals surface area contributed by atoms with Gasteiger partial charge in [-0.3, -0.25) is 14.5 Å². The van der Waals surface area contributed by atoms with Crippen LogP contribution in [0.2, 0.25) is 0 Å². The fourth-order valence-electron chi connectivity index (χ4n) is 2.10. The molecular formula is C15H19N5O2. The van der Waals surface area contributed by atoms with Gasteiger partial charge in [0.05, 0.1) is 24.5 Å². The fourth-order valence-corrected chi connectivity index (χ4v) is 2.10. The molecule has 0 bridgehead atoms. The van der Waals surface area contributed by atoms with Gasteiger partial charge in [-0.15, -0.1) is 0 Å². The van der Waals surface area contributed by atoms with Crippen LogP contribution in [0.4, 0.5) is 5.82 Å². The highest BCUT2D eigenvalue weighted by atomic mass is 16.2. The van der Waals surface area contributed by atoms with Crippen LogP contribution in [0, 0.1) is 6.92 Å². The second-order valence-corrected chi connectivity index (χ2v) is 5.11. The van der Waals surface area contributed by atoms with Crippen molar-refractivity contribution in [3.63, 3.8) is 0 Å². The number of nitrogens with zero attached hydrogens (tertiary/aromatic N) is 3. The number of hydrogen-bond donors (Lipinski definition) is 2. The Bertz CT molecular complexity index is 666. The van der Waals surface area contributed by atoms with Crippen LogP contribution in [-0.2, 0) is 9.59 Å². The summed E-state index contributed by atoms with van der Waals surface area (Å²) in [6.45, 7) is 1.96. The Morgan fingerprint density at radius 2 is 1.95 bits per heavy atom. The molecule has 1 heterocycles. The number of carbonyl (C=O) groups is 2. The van der Waals surface area contributed by atoms with Gasteiger partial charge < -0.3 is 11.1 Å². The second-order valence-electron chi connectivity index (χ2n) is 5.11. The third kappa shape index (κ3) is 4.16. The molecule has 0 saturated heterocycles. The lowest BCUT2D eigenvalue weighted by molar-refractivity contribution is -0.120. The van der Waals surface area contributed by atoms with Crippen LogP contribution in [0.25, 0.3) is 5.69 Å². The van der Waals surface area contributed by atoms with Crippen molar-refractivity contribution in [3.05, 3.63) is 42.1 Å². The van der Waals surface area contributed by atoms with Crippen LogP contribution in [-0.4, -0.2) is 46.6 Å². The monoisotopic (exact) mass is 301 g/mol. The quantitative estimate of drug-likeness (QED) is 0.814. The summed E-state index contributed by atoms with van der Waals surface area (Å²) < 4.78 is 1.67. The highest BCUT2D eigenvalue weighted by Crippen LogP contribution is 2.16. The first-order valence-corrected chi connectivity index (χ1v) is 6.84. The van der Waals surface area contributed by atoms with Crippen LogP contribution in [0.1, 0.15) is 5.69 Å². The highest BCUT2D eigenvalue weighted by molar-refractivity contribution is 5.92. The van der Waals surface area contributed by atoms with E-state index in [2.05, 4.69) is 10.4 Å². The number of likely N-dealkylation sites (N-methyl/N-ethyl adjacent to an activating group) is 1. The standard InChI is InChI=1S/C15H19N5O2/c1-11-8-14(17-15(22)10-19(2)9-13(16)21)20(18-11)12-6-4-3-5-7-12/h3-8H,9-10H2,1-2H3,(H2,16,21)(H,17,22). The van der Waals surface area contributed by atoms with E-state index in [1.807, 2.05) is 37.3 Å². The number of benzene rings is 1. The third-order valence-electron chi connectivity index (χ3n) is 2.94. The van der Waals surface area contributed by atoms with Crippen molar-refractivity contribution in [2.45, 2.75) is 6.92 Å². The lowest BCUT2D eigenvalue weighted by atomic mass is 10.3. The Morgan fingerprint density at radius 1 is 1.27 bits per heavy atom. The fraction of sp³-hybridized carbons (Fsp3) is 0.267. The molecule has 0 atom stereocenters. The molecule has 0 aliphatic carbocycles. The van der Waals surface area contributed by atoms with Gasteiger partial charge in [0.2, 0.25) is 11.8 Å². The Hall–Kier alpha value is -2.67. The number of nitrogens with two attached hydrogens (primary N) is 1. The van der Waals surface area contributed by atoms with Crippen molar-refractivity contribution < 1.29 is 9.59 Å². The molecule has 22 heavy (non-hydrogen) atoms. The van der Waals surface area contributed by atoms with Crippen molar-refractivity contribution in [3.8, 4) is 5.69 Å². The summed E-state index contributed by atoms with van der Waals surface area (Å²) in [5.74, 6) is -0.123. The molecule has 7 nitrogen and oxygen atoms in total. The summed E-state index contributed by atoms with van der Waals surface area (Å²) in [4.78, 5) is 24.4. The molecule has 7 heteroatoms. The maximum Gasteiger partial charge on any atom is 0.239 e. The first-order valence-electron chi connectivity index (χ1n) is 6.84. The van der Waals surface area contributed by atoms with E-state index in [0.29, 0.717) is 5.82 Å². The average Bonchev–Trinajstić information content (AvgIpc) is 2.79. The molecule has 0 aliphatic heterocycles. The van der Waals surface area contributed by atoms with Crippen molar-refractivity contribution in [1.82, 2.24) is 14.7 Å². The Kier molecular flexibility index (Phi) is 4.90. The van der Waals surface area contributed by atoms with Gasteiger partial charge in [0.1, 0.15) is 5.82 Å². The number of rotatable bonds is 6. The molecule has 0 radical (unpaired) electrons. The van der Waals surface area contributed by atoms with E-state index in [-0.39, 0.29) is 19.0 Å². The van der Waals surface area contributed by atoms with Crippen LogP contribution in [0.5, 0.6) is 0 Å². The molecule has 2 aromatic rings. The topological polar surface area (TPSA) is 93.3 Å². The van der Waals surface area contributed by atoms with E-state index in [9.17, 15) is 9.59 Å². The summed E-state index contributed by atoms with van der Waals surface area (Å²) in [6, 6.07) is 11.3. The number of anilines is 1. The van der Waals surface area contributed by atoms with Gasteiger partial charge in [-0.25, -0.2) is 4.68 Å². The zero-order valence-electron chi connectivity index (χ0n) is 12.6. The maximum atomic E-state index is 12.1. The number of para-hydroxylation sites is 1. The van der Waals surface area contributed by atoms with E-state index in [1.165, 1.54) is 0 Å². The van der Waals surface area contributed by atoms with Crippen molar-refractivity contribution in [2.75, 3.05) is 25.5 Å². The number of aromatic nitrogens is 2. The number of carbonyl (C=O) groups excluding carboxylic acids is 2. The minimum Gasteiger partial charge on any atom is -0.369 e. The minimum atomic E-state index is -0.472. The van der Waals surface area contributed by atoms with Gasteiger partial charge in [-0.05, 0) is 26.1 Å². The van der Waals surface area contributed by atoms with E-state index in [1.54, 1.807) is 22.7 Å². The molecule has 116 valence electrons. The second kappa shape index (κ2) is 6.86. The van der Waals surface area contributed by atoms with E-state index < -0.39 is 5.91 Å². The van der Waals surface area contributed by atoms with Gasteiger partial charge in [-0.2, -0.15) is 5.10 Å². The summed E-state index contributed by atoms with van der Waals surface area (Å²) in [6.07, 6.45) is 0. The number of hydrogen-bond acceptors (Lipinski definition) is 4. The minimum absolute atomic E-state index is 0.0321. The molecule has 0 spiro atoms. The molecule has 3 N–H and O–H groups in total. The summed E-state index contributed by atoms with van der Waals surface area (Å²) in [7, 11) is 1.66. The highest BCUT2D eigenvalue weighted by Gasteiger charge is 2.13. The van der Waals surface area contributed by atoms with E-state index >= 15 is 0 Å². The van der Waals surface area contributed by atoms with Gasteiger partial charge in [0, 0.05) is 6.07 Å². The van der Waals surface area contributed by atoms with Gasteiger partial charge in [0.25, 0.3) is 0 Å². The van der Waals surface area contributed by atoms with E-state index in [0.717, 1.165) is 11.4 Å². The Labute approximate surface area is 128 Å². The number of amides is 2. The zero-order chi connectivity index (χ0) is 16.1. The molecule has 0 saturated carbocycles. The lowest BCUT2D eigenvalue weighted by Crippen LogP contribution is -2.36. The Balaban J connectivity index is 2.10. The van der Waals surface area contributed by atoms with Gasteiger partial charge in [-0.1, -0.05) is 18.2 Å². The van der Waals surface area contributed by atoms with Crippen LogP contribution >= 0.6 is 0 Å². The van der Waals surface area contributed by atoms with E-state index in [4.69, 9.17) is 5.73 Å². The number of aryl methyl sites for hydroxylation is 1.